The Hall–Kier alpha value is -0.810. The Morgan fingerprint density at radius 2 is 2.00 bits per heavy atom. The SMILES string of the molecule is Fc1ccc(Br)c(NCc2occc2Br)c1. The van der Waals surface area contributed by atoms with Gasteiger partial charge in [-0.3, -0.25) is 0 Å². The molecule has 0 saturated carbocycles. The zero-order valence-corrected chi connectivity index (χ0v) is 11.3. The van der Waals surface area contributed by atoms with Crippen LogP contribution in [0.3, 0.4) is 0 Å². The van der Waals surface area contributed by atoms with Crippen LogP contribution in [0.1, 0.15) is 5.76 Å². The number of hydrogen-bond acceptors (Lipinski definition) is 2. The van der Waals surface area contributed by atoms with Gasteiger partial charge in [-0.1, -0.05) is 0 Å². The van der Waals surface area contributed by atoms with Gasteiger partial charge in [0.1, 0.15) is 11.6 Å². The second-order valence-corrected chi connectivity index (χ2v) is 4.88. The Bertz CT molecular complexity index is 498. The Morgan fingerprint density at radius 1 is 1.19 bits per heavy atom. The van der Waals surface area contributed by atoms with Crippen LogP contribution in [0.5, 0.6) is 0 Å². The first-order valence-electron chi connectivity index (χ1n) is 4.57. The van der Waals surface area contributed by atoms with Crippen molar-refractivity contribution in [2.24, 2.45) is 0 Å². The van der Waals surface area contributed by atoms with Crippen LogP contribution in [0.25, 0.3) is 0 Å². The van der Waals surface area contributed by atoms with Gasteiger partial charge in [-0.2, -0.15) is 0 Å². The van der Waals surface area contributed by atoms with Gasteiger partial charge < -0.3 is 9.73 Å². The molecule has 0 radical (unpaired) electrons. The molecule has 1 N–H and O–H groups in total. The van der Waals surface area contributed by atoms with Crippen LogP contribution in [-0.4, -0.2) is 0 Å². The summed E-state index contributed by atoms with van der Waals surface area (Å²) in [5, 5.41) is 3.09. The topological polar surface area (TPSA) is 25.2 Å². The normalized spacial score (nSPS) is 10.4. The second-order valence-electron chi connectivity index (χ2n) is 3.17. The molecule has 16 heavy (non-hydrogen) atoms. The van der Waals surface area contributed by atoms with E-state index in [1.165, 1.54) is 12.1 Å². The fraction of sp³-hybridized carbons (Fsp3) is 0.0909. The minimum absolute atomic E-state index is 0.274. The minimum Gasteiger partial charge on any atom is -0.466 e. The van der Waals surface area contributed by atoms with E-state index in [1.807, 2.05) is 6.07 Å². The van der Waals surface area contributed by atoms with Gasteiger partial charge in [-0.05, 0) is 56.1 Å². The highest BCUT2D eigenvalue weighted by atomic mass is 79.9. The third-order valence-corrected chi connectivity index (χ3v) is 3.46. The predicted molar refractivity (Wildman–Crippen MR) is 67.8 cm³/mol. The van der Waals surface area contributed by atoms with Gasteiger partial charge in [0.2, 0.25) is 0 Å². The number of furan rings is 1. The van der Waals surface area contributed by atoms with E-state index in [4.69, 9.17) is 4.42 Å². The van der Waals surface area contributed by atoms with Crippen molar-refractivity contribution in [3.05, 3.63) is 51.1 Å². The van der Waals surface area contributed by atoms with Gasteiger partial charge >= 0.3 is 0 Å². The van der Waals surface area contributed by atoms with E-state index in [0.717, 1.165) is 14.7 Å². The maximum absolute atomic E-state index is 13.0. The zero-order valence-electron chi connectivity index (χ0n) is 8.14. The molecule has 0 amide bonds. The lowest BCUT2D eigenvalue weighted by Crippen LogP contribution is -1.99. The summed E-state index contributed by atoms with van der Waals surface area (Å²) < 4.78 is 19.9. The summed E-state index contributed by atoms with van der Waals surface area (Å²) in [4.78, 5) is 0. The van der Waals surface area contributed by atoms with Crippen LogP contribution < -0.4 is 5.32 Å². The van der Waals surface area contributed by atoms with Crippen LogP contribution in [-0.2, 0) is 6.54 Å². The van der Waals surface area contributed by atoms with E-state index in [1.54, 1.807) is 12.3 Å². The number of rotatable bonds is 3. The van der Waals surface area contributed by atoms with E-state index in [9.17, 15) is 4.39 Å². The molecule has 0 aliphatic heterocycles. The number of halogens is 3. The third-order valence-electron chi connectivity index (χ3n) is 2.06. The Kier molecular flexibility index (Phi) is 3.66. The molecule has 0 fully saturated rings. The average Bonchev–Trinajstić information content (AvgIpc) is 2.66. The number of anilines is 1. The molecule has 0 bridgehead atoms. The van der Waals surface area contributed by atoms with E-state index in [2.05, 4.69) is 37.2 Å². The summed E-state index contributed by atoms with van der Waals surface area (Å²) in [5.41, 5.74) is 0.698. The van der Waals surface area contributed by atoms with Crippen LogP contribution in [0.4, 0.5) is 10.1 Å². The molecule has 0 atom stereocenters. The van der Waals surface area contributed by atoms with Crippen LogP contribution in [0.2, 0.25) is 0 Å². The first-order chi connectivity index (χ1) is 7.66. The van der Waals surface area contributed by atoms with Crippen LogP contribution in [0.15, 0.2) is 43.9 Å². The Morgan fingerprint density at radius 3 is 2.69 bits per heavy atom. The van der Waals surface area contributed by atoms with Crippen molar-refractivity contribution < 1.29 is 8.81 Å². The lowest BCUT2D eigenvalue weighted by molar-refractivity contribution is 0.516. The zero-order chi connectivity index (χ0) is 11.5. The molecule has 2 rings (SSSR count). The maximum atomic E-state index is 13.0. The predicted octanol–water partition coefficient (Wildman–Crippen LogP) is 4.56. The molecule has 0 aliphatic carbocycles. The quantitative estimate of drug-likeness (QED) is 0.879. The van der Waals surface area contributed by atoms with Gasteiger partial charge in [0.25, 0.3) is 0 Å². The van der Waals surface area contributed by atoms with Crippen molar-refractivity contribution in [3.63, 3.8) is 0 Å². The van der Waals surface area contributed by atoms with Crippen molar-refractivity contribution in [1.82, 2.24) is 0 Å². The molecule has 1 aromatic heterocycles. The third kappa shape index (κ3) is 2.65. The number of nitrogens with one attached hydrogen (secondary N) is 1. The van der Waals surface area contributed by atoms with Crippen molar-refractivity contribution in [2.45, 2.75) is 6.54 Å². The summed E-state index contributed by atoms with van der Waals surface area (Å²) in [7, 11) is 0. The molecule has 2 aromatic rings. The molecular formula is C11H8Br2FNO. The van der Waals surface area contributed by atoms with Crippen molar-refractivity contribution in [3.8, 4) is 0 Å². The second kappa shape index (κ2) is 5.01. The van der Waals surface area contributed by atoms with E-state index >= 15 is 0 Å². The standard InChI is InChI=1S/C11H8Br2FNO/c12-8-2-1-7(14)5-10(8)15-6-11-9(13)3-4-16-11/h1-5,15H,6H2. The summed E-state index contributed by atoms with van der Waals surface area (Å²) in [6.45, 7) is 0.496. The Balaban J connectivity index is 2.10. The van der Waals surface area contributed by atoms with E-state index in [-0.39, 0.29) is 5.82 Å². The number of benzene rings is 1. The maximum Gasteiger partial charge on any atom is 0.136 e. The van der Waals surface area contributed by atoms with Gasteiger partial charge in [0, 0.05) is 4.47 Å². The van der Waals surface area contributed by atoms with Crippen LogP contribution in [0, 0.1) is 5.82 Å². The number of hydrogen-bond donors (Lipinski definition) is 1. The van der Waals surface area contributed by atoms with Crippen molar-refractivity contribution >= 4 is 37.5 Å². The van der Waals surface area contributed by atoms with Gasteiger partial charge in [-0.25, -0.2) is 4.39 Å². The molecule has 0 unspecified atom stereocenters. The fourth-order valence-corrected chi connectivity index (χ4v) is 1.99. The molecule has 1 heterocycles. The molecule has 5 heteroatoms. The van der Waals surface area contributed by atoms with E-state index in [0.29, 0.717) is 12.2 Å². The van der Waals surface area contributed by atoms with Gasteiger partial charge in [0.05, 0.1) is 23.0 Å². The first-order valence-corrected chi connectivity index (χ1v) is 6.16. The largest absolute Gasteiger partial charge is 0.466 e. The monoisotopic (exact) mass is 347 g/mol. The molecule has 0 spiro atoms. The lowest BCUT2D eigenvalue weighted by Gasteiger charge is -2.07. The molecule has 1 aromatic carbocycles. The fourth-order valence-electron chi connectivity index (χ4n) is 1.26. The molecule has 84 valence electrons. The summed E-state index contributed by atoms with van der Waals surface area (Å²) in [5.74, 6) is 0.500. The average molecular weight is 349 g/mol. The molecule has 2 nitrogen and oxygen atoms in total. The summed E-state index contributed by atoms with van der Waals surface area (Å²) in [6.07, 6.45) is 1.60. The smallest absolute Gasteiger partial charge is 0.136 e. The highest BCUT2D eigenvalue weighted by molar-refractivity contribution is 9.10. The van der Waals surface area contributed by atoms with Crippen molar-refractivity contribution in [1.29, 1.82) is 0 Å². The molecule has 0 saturated heterocycles. The van der Waals surface area contributed by atoms with Crippen LogP contribution >= 0.6 is 31.9 Å². The summed E-state index contributed by atoms with van der Waals surface area (Å²) >= 11 is 6.70. The van der Waals surface area contributed by atoms with E-state index < -0.39 is 0 Å². The van der Waals surface area contributed by atoms with Crippen molar-refractivity contribution in [2.75, 3.05) is 5.32 Å². The Labute approximate surface area is 109 Å². The molecule has 0 aliphatic rings. The van der Waals surface area contributed by atoms with Gasteiger partial charge in [0.15, 0.2) is 0 Å². The molecular weight excluding hydrogens is 341 g/mol. The highest BCUT2D eigenvalue weighted by Gasteiger charge is 2.05. The first kappa shape index (κ1) is 11.7. The van der Waals surface area contributed by atoms with Gasteiger partial charge in [-0.15, -0.1) is 0 Å². The lowest BCUT2D eigenvalue weighted by atomic mass is 10.3. The minimum atomic E-state index is -0.274. The highest BCUT2D eigenvalue weighted by Crippen LogP contribution is 2.25. The summed E-state index contributed by atoms with van der Waals surface area (Å²) in [6, 6.07) is 6.31.